The fourth-order valence-electron chi connectivity index (χ4n) is 4.78. The summed E-state index contributed by atoms with van der Waals surface area (Å²) < 4.78 is 0. The molecule has 2 atom stereocenters. The quantitative estimate of drug-likeness (QED) is 0.391. The van der Waals surface area contributed by atoms with E-state index in [-0.39, 0.29) is 6.04 Å². The Hall–Kier alpha value is -1.81. The smallest absolute Gasteiger partial charge is 0.0432 e. The van der Waals surface area contributed by atoms with E-state index in [0.717, 1.165) is 50.5 Å². The zero-order valence-corrected chi connectivity index (χ0v) is 21.7. The van der Waals surface area contributed by atoms with Gasteiger partial charge in [0.25, 0.3) is 0 Å². The fraction of sp³-hybridized carbons (Fsp3) is 0.517. The first-order valence-corrected chi connectivity index (χ1v) is 12.9. The number of benzene rings is 2. The van der Waals surface area contributed by atoms with Crippen LogP contribution in [0.3, 0.4) is 0 Å². The summed E-state index contributed by atoms with van der Waals surface area (Å²) in [7, 11) is 0. The topological polar surface area (TPSA) is 32.5 Å². The molecule has 33 heavy (non-hydrogen) atoms. The van der Waals surface area contributed by atoms with Crippen molar-refractivity contribution in [3.63, 3.8) is 0 Å². The van der Waals surface area contributed by atoms with Gasteiger partial charge in [-0.15, -0.1) is 0 Å². The second-order valence-corrected chi connectivity index (χ2v) is 10.8. The largest absolute Gasteiger partial charge is 0.363 e. The van der Waals surface area contributed by atoms with Crippen LogP contribution in [0.1, 0.15) is 51.7 Å². The molecule has 0 bridgehead atoms. The molecule has 180 valence electrons. The summed E-state index contributed by atoms with van der Waals surface area (Å²) in [6, 6.07) is 18.2. The lowest BCUT2D eigenvalue weighted by molar-refractivity contribution is 0.292. The van der Waals surface area contributed by atoms with Gasteiger partial charge in [0.2, 0.25) is 0 Å². The van der Waals surface area contributed by atoms with Crippen LogP contribution in [-0.4, -0.2) is 43.2 Å². The number of hydrogen-bond acceptors (Lipinski definition) is 3. The Labute approximate surface area is 206 Å². The molecule has 0 amide bonds. The van der Waals surface area contributed by atoms with E-state index in [2.05, 4.69) is 80.0 Å². The van der Waals surface area contributed by atoms with Gasteiger partial charge in [-0.05, 0) is 80.8 Å². The minimum Gasteiger partial charge on any atom is -0.363 e. The number of nitrogens with zero attached hydrogens (tertiary/aromatic N) is 2. The molecule has 2 aromatic carbocycles. The average Bonchev–Trinajstić information content (AvgIpc) is 3.21. The van der Waals surface area contributed by atoms with Crippen molar-refractivity contribution < 1.29 is 0 Å². The summed E-state index contributed by atoms with van der Waals surface area (Å²) in [5.74, 6) is 0.658. The lowest BCUT2D eigenvalue weighted by atomic mass is 10.0. The van der Waals surface area contributed by atoms with Crippen LogP contribution < -0.4 is 10.6 Å². The third-order valence-electron chi connectivity index (χ3n) is 6.53. The molecule has 1 heterocycles. The van der Waals surface area contributed by atoms with Crippen LogP contribution in [0.2, 0.25) is 5.02 Å². The number of likely N-dealkylation sites (tertiary alicyclic amines) is 1. The Balaban J connectivity index is 1.62. The lowest BCUT2D eigenvalue weighted by Gasteiger charge is -2.31. The second kappa shape index (κ2) is 12.6. The maximum absolute atomic E-state index is 6.41. The third-order valence-corrected chi connectivity index (χ3v) is 6.79. The first kappa shape index (κ1) is 25.8. The molecule has 3 rings (SSSR count). The van der Waals surface area contributed by atoms with Crippen LogP contribution in [-0.2, 0) is 12.8 Å². The van der Waals surface area contributed by atoms with E-state index in [0.29, 0.717) is 12.0 Å². The number of halogens is 1. The summed E-state index contributed by atoms with van der Waals surface area (Å²) in [4.78, 5) is 5.15. The molecule has 1 fully saturated rings. The molecule has 1 aliphatic heterocycles. The van der Waals surface area contributed by atoms with Gasteiger partial charge in [-0.25, -0.2) is 0 Å². The Kier molecular flexibility index (Phi) is 9.85. The van der Waals surface area contributed by atoms with E-state index < -0.39 is 0 Å². The molecule has 3 nitrogen and oxygen atoms in total. The summed E-state index contributed by atoms with van der Waals surface area (Å²) >= 11 is 6.01. The Morgan fingerprint density at radius 2 is 1.67 bits per heavy atom. The van der Waals surface area contributed by atoms with Crippen molar-refractivity contribution in [3.05, 3.63) is 76.3 Å². The van der Waals surface area contributed by atoms with Gasteiger partial charge >= 0.3 is 0 Å². The highest BCUT2D eigenvalue weighted by atomic mass is 35.5. The molecule has 0 aromatic heterocycles. The highest BCUT2D eigenvalue weighted by Crippen LogP contribution is 2.25. The molecule has 1 aliphatic rings. The van der Waals surface area contributed by atoms with Crippen molar-refractivity contribution in [1.29, 1.82) is 0 Å². The SMILES string of the molecule is CC(C)=CCN(c1ccc(CCc2ccc(Cl)cc2)cc1)C1CCN(CC(N)CC(C)C)C1. The zero-order valence-electron chi connectivity index (χ0n) is 20.9. The predicted molar refractivity (Wildman–Crippen MR) is 144 cm³/mol. The van der Waals surface area contributed by atoms with Crippen LogP contribution in [0, 0.1) is 5.92 Å². The molecule has 0 spiro atoms. The Morgan fingerprint density at radius 1 is 1.06 bits per heavy atom. The number of aryl methyl sites for hydroxylation is 2. The number of anilines is 1. The van der Waals surface area contributed by atoms with Gasteiger partial charge in [-0.3, -0.25) is 4.90 Å². The number of rotatable bonds is 11. The molecule has 2 N–H and O–H groups in total. The maximum Gasteiger partial charge on any atom is 0.0432 e. The molecular weight excluding hydrogens is 426 g/mol. The fourth-order valence-corrected chi connectivity index (χ4v) is 4.91. The van der Waals surface area contributed by atoms with Gasteiger partial charge in [0, 0.05) is 49.0 Å². The average molecular weight is 468 g/mol. The summed E-state index contributed by atoms with van der Waals surface area (Å²) in [5.41, 5.74) is 11.8. The van der Waals surface area contributed by atoms with Crippen LogP contribution in [0.5, 0.6) is 0 Å². The first-order chi connectivity index (χ1) is 15.8. The van der Waals surface area contributed by atoms with Gasteiger partial charge in [0.1, 0.15) is 0 Å². The highest BCUT2D eigenvalue weighted by molar-refractivity contribution is 6.30. The summed E-state index contributed by atoms with van der Waals surface area (Å²) in [6.07, 6.45) is 6.72. The van der Waals surface area contributed by atoms with Crippen molar-refractivity contribution in [2.75, 3.05) is 31.1 Å². The van der Waals surface area contributed by atoms with Crippen molar-refractivity contribution in [2.24, 2.45) is 11.7 Å². The van der Waals surface area contributed by atoms with Crippen molar-refractivity contribution >= 4 is 17.3 Å². The van der Waals surface area contributed by atoms with Gasteiger partial charge in [-0.2, -0.15) is 0 Å². The Morgan fingerprint density at radius 3 is 2.24 bits per heavy atom. The number of hydrogen-bond donors (Lipinski definition) is 1. The van der Waals surface area contributed by atoms with Gasteiger partial charge in [0.15, 0.2) is 0 Å². The van der Waals surface area contributed by atoms with Crippen LogP contribution in [0.4, 0.5) is 5.69 Å². The van der Waals surface area contributed by atoms with Crippen molar-refractivity contribution in [3.8, 4) is 0 Å². The molecule has 1 saturated heterocycles. The van der Waals surface area contributed by atoms with Crippen molar-refractivity contribution in [2.45, 2.75) is 65.5 Å². The zero-order chi connectivity index (χ0) is 23.8. The Bertz CT molecular complexity index is 869. The van der Waals surface area contributed by atoms with E-state index in [1.165, 1.54) is 28.8 Å². The number of allylic oxidation sites excluding steroid dienone is 1. The molecule has 4 heteroatoms. The minimum atomic E-state index is 0.273. The van der Waals surface area contributed by atoms with E-state index >= 15 is 0 Å². The second-order valence-electron chi connectivity index (χ2n) is 10.3. The monoisotopic (exact) mass is 467 g/mol. The lowest BCUT2D eigenvalue weighted by Crippen LogP contribution is -2.41. The van der Waals surface area contributed by atoms with Crippen LogP contribution in [0.15, 0.2) is 60.2 Å². The van der Waals surface area contributed by atoms with Crippen LogP contribution in [0.25, 0.3) is 0 Å². The molecule has 0 saturated carbocycles. The predicted octanol–water partition coefficient (Wildman–Crippen LogP) is 6.35. The summed E-state index contributed by atoms with van der Waals surface area (Å²) in [6.45, 7) is 13.1. The van der Waals surface area contributed by atoms with E-state index in [4.69, 9.17) is 17.3 Å². The highest BCUT2D eigenvalue weighted by Gasteiger charge is 2.28. The van der Waals surface area contributed by atoms with E-state index in [1.54, 1.807) is 0 Å². The van der Waals surface area contributed by atoms with Gasteiger partial charge < -0.3 is 10.6 Å². The molecule has 0 aliphatic carbocycles. The van der Waals surface area contributed by atoms with Crippen LogP contribution >= 0.6 is 11.6 Å². The standard InChI is InChI=1S/C29H42ClN3/c1-22(2)15-18-33(29-16-17-32(21-29)20-27(31)19-23(3)4)28-13-9-25(10-14-28)6-5-24-7-11-26(30)12-8-24/h7-15,23,27,29H,5-6,16-21,31H2,1-4H3. The molecule has 2 aromatic rings. The minimum absolute atomic E-state index is 0.273. The van der Waals surface area contributed by atoms with Gasteiger partial charge in [0.05, 0.1) is 0 Å². The van der Waals surface area contributed by atoms with E-state index in [1.807, 2.05) is 12.1 Å². The van der Waals surface area contributed by atoms with E-state index in [9.17, 15) is 0 Å². The molecule has 0 radical (unpaired) electrons. The maximum atomic E-state index is 6.41. The summed E-state index contributed by atoms with van der Waals surface area (Å²) in [5, 5.41) is 0.798. The third kappa shape index (κ3) is 8.48. The van der Waals surface area contributed by atoms with Crippen molar-refractivity contribution in [1.82, 2.24) is 4.90 Å². The normalized spacial score (nSPS) is 17.4. The molecule has 2 unspecified atom stereocenters. The molecular formula is C29H42ClN3. The first-order valence-electron chi connectivity index (χ1n) is 12.5. The van der Waals surface area contributed by atoms with Gasteiger partial charge in [-0.1, -0.05) is 61.4 Å². The number of nitrogens with two attached hydrogens (primary N) is 1.